The molecule has 0 unspecified atom stereocenters. The van der Waals surface area contributed by atoms with E-state index >= 15 is 0 Å². The van der Waals surface area contributed by atoms with Crippen LogP contribution < -0.4 is 4.90 Å². The summed E-state index contributed by atoms with van der Waals surface area (Å²) in [4.78, 5) is 2.40. The minimum atomic E-state index is -0.503. The Morgan fingerprint density at radius 3 is 1.69 bits per heavy atom. The normalized spacial score (nSPS) is 12.9. The molecule has 11 aromatic rings. The van der Waals surface area contributed by atoms with Gasteiger partial charge in [0.05, 0.1) is 5.41 Å². The van der Waals surface area contributed by atoms with Crippen molar-refractivity contribution in [2.75, 3.05) is 4.90 Å². The average molecular weight is 752 g/mol. The smallest absolute Gasteiger partial charge is 0.143 e. The molecule has 1 aliphatic rings. The summed E-state index contributed by atoms with van der Waals surface area (Å²) in [5, 5.41) is 6.98. The van der Waals surface area contributed by atoms with Crippen LogP contribution in [0, 0.1) is 0 Å². The summed E-state index contributed by atoms with van der Waals surface area (Å²) >= 11 is 0. The Kier molecular flexibility index (Phi) is 7.48. The number of furan rings is 1. The number of rotatable bonds is 6. The van der Waals surface area contributed by atoms with E-state index in [1.165, 1.54) is 60.5 Å². The maximum Gasteiger partial charge on any atom is 0.143 e. The van der Waals surface area contributed by atoms with Crippen LogP contribution in [0.1, 0.15) is 22.3 Å². The fraction of sp³-hybridized carbons (Fsp3) is 0.0175. The van der Waals surface area contributed by atoms with Crippen molar-refractivity contribution in [3.8, 4) is 22.3 Å². The first-order valence-corrected chi connectivity index (χ1v) is 20.3. The molecule has 276 valence electrons. The first-order valence-electron chi connectivity index (χ1n) is 20.3. The zero-order valence-corrected chi connectivity index (χ0v) is 32.2. The summed E-state index contributed by atoms with van der Waals surface area (Å²) in [6.45, 7) is 0. The molecule has 0 amide bonds. The Labute approximate surface area is 342 Å². The topological polar surface area (TPSA) is 16.4 Å². The third-order valence-electron chi connectivity index (χ3n) is 12.5. The SMILES string of the molecule is c1ccc(N(c2ccc3c(c2)C(c2ccccc2)(c2ccccc2)c2ccccc2-3)c2ccc3oc4c(-c5cccc6ccccc56)c5ccccc5cc4c3c2)cc1. The van der Waals surface area contributed by atoms with Crippen molar-refractivity contribution in [1.82, 2.24) is 0 Å². The van der Waals surface area contributed by atoms with E-state index in [1.807, 2.05) is 0 Å². The number of hydrogen-bond acceptors (Lipinski definition) is 2. The van der Waals surface area contributed by atoms with Gasteiger partial charge >= 0.3 is 0 Å². The second-order valence-electron chi connectivity index (χ2n) is 15.6. The van der Waals surface area contributed by atoms with Gasteiger partial charge in [-0.25, -0.2) is 0 Å². The summed E-state index contributed by atoms with van der Waals surface area (Å²) in [6, 6.07) is 81.7. The van der Waals surface area contributed by atoms with Gasteiger partial charge in [0.25, 0.3) is 0 Å². The molecule has 2 heteroatoms. The molecule has 1 heterocycles. The van der Waals surface area contributed by atoms with Crippen molar-refractivity contribution in [1.29, 1.82) is 0 Å². The van der Waals surface area contributed by atoms with Crippen molar-refractivity contribution in [3.05, 3.63) is 247 Å². The van der Waals surface area contributed by atoms with Crippen molar-refractivity contribution in [2.24, 2.45) is 0 Å². The zero-order chi connectivity index (χ0) is 38.9. The van der Waals surface area contributed by atoms with Gasteiger partial charge in [0.15, 0.2) is 0 Å². The van der Waals surface area contributed by atoms with E-state index in [4.69, 9.17) is 4.42 Å². The molecule has 0 saturated heterocycles. The number of anilines is 3. The number of hydrogen-bond donors (Lipinski definition) is 0. The summed E-state index contributed by atoms with van der Waals surface area (Å²) in [6.07, 6.45) is 0. The molecule has 10 aromatic carbocycles. The molecule has 0 radical (unpaired) electrons. The number of nitrogens with zero attached hydrogens (tertiary/aromatic N) is 1. The van der Waals surface area contributed by atoms with Crippen LogP contribution in [0.15, 0.2) is 229 Å². The van der Waals surface area contributed by atoms with E-state index in [0.29, 0.717) is 0 Å². The molecule has 1 aromatic heterocycles. The molecule has 1 aliphatic carbocycles. The Morgan fingerprint density at radius 1 is 0.339 bits per heavy atom. The van der Waals surface area contributed by atoms with E-state index in [1.54, 1.807) is 0 Å². The second-order valence-corrected chi connectivity index (χ2v) is 15.6. The van der Waals surface area contributed by atoms with E-state index in [0.717, 1.165) is 44.6 Å². The Hall–Kier alpha value is -7.68. The van der Waals surface area contributed by atoms with Crippen LogP contribution >= 0.6 is 0 Å². The van der Waals surface area contributed by atoms with Crippen LogP contribution in [0.3, 0.4) is 0 Å². The molecule has 0 aliphatic heterocycles. The predicted molar refractivity (Wildman–Crippen MR) is 246 cm³/mol. The van der Waals surface area contributed by atoms with Crippen molar-refractivity contribution in [2.45, 2.75) is 5.41 Å². The van der Waals surface area contributed by atoms with Crippen molar-refractivity contribution < 1.29 is 4.42 Å². The molecule has 0 atom stereocenters. The average Bonchev–Trinajstić information content (AvgIpc) is 3.82. The van der Waals surface area contributed by atoms with Gasteiger partial charge in [-0.3, -0.25) is 0 Å². The van der Waals surface area contributed by atoms with Gasteiger partial charge in [-0.1, -0.05) is 176 Å². The molecule has 0 saturated carbocycles. The summed E-state index contributed by atoms with van der Waals surface area (Å²) in [5.74, 6) is 0. The third-order valence-corrected chi connectivity index (χ3v) is 12.5. The molecule has 12 rings (SSSR count). The van der Waals surface area contributed by atoms with Gasteiger partial charge in [0, 0.05) is 33.4 Å². The van der Waals surface area contributed by atoms with Crippen LogP contribution in [-0.4, -0.2) is 0 Å². The third kappa shape index (κ3) is 5.00. The molecular formula is C57H37NO. The highest BCUT2D eigenvalue weighted by atomic mass is 16.3. The highest BCUT2D eigenvalue weighted by molar-refractivity contribution is 6.21. The molecule has 2 nitrogen and oxygen atoms in total. The van der Waals surface area contributed by atoms with Crippen LogP contribution in [0.5, 0.6) is 0 Å². The van der Waals surface area contributed by atoms with Gasteiger partial charge in [-0.2, -0.15) is 0 Å². The second kappa shape index (κ2) is 13.2. The lowest BCUT2D eigenvalue weighted by Gasteiger charge is -2.35. The Bertz CT molecular complexity index is 3340. The van der Waals surface area contributed by atoms with Crippen LogP contribution in [-0.2, 0) is 5.41 Å². The van der Waals surface area contributed by atoms with E-state index in [9.17, 15) is 0 Å². The minimum Gasteiger partial charge on any atom is -0.455 e. The standard InChI is InChI=1S/C57H37NO/c1-4-20-40(21-5-1)57(41-22-6-2-7-23-41)52-30-15-14-28-47(52)48-33-31-44(37-53(48)57)58(42-24-8-3-9-25-42)43-32-34-54-50(36-43)51-35-39-18-11-13-27-46(39)55(56(51)59-54)49-29-16-19-38-17-10-12-26-45(38)49/h1-37H. The largest absolute Gasteiger partial charge is 0.455 e. The molecule has 0 N–H and O–H groups in total. The lowest BCUT2D eigenvalue weighted by molar-refractivity contribution is 0.670. The number of fused-ring (bicyclic) bond motifs is 8. The summed E-state index contributed by atoms with van der Waals surface area (Å²) < 4.78 is 6.94. The van der Waals surface area contributed by atoms with Gasteiger partial charge in [0.2, 0.25) is 0 Å². The first-order chi connectivity index (χ1) is 29.3. The van der Waals surface area contributed by atoms with Gasteiger partial charge in [-0.05, 0) is 109 Å². The van der Waals surface area contributed by atoms with Crippen LogP contribution in [0.4, 0.5) is 17.1 Å². The molecule has 0 bridgehead atoms. The lowest BCUT2D eigenvalue weighted by atomic mass is 9.67. The predicted octanol–water partition coefficient (Wildman–Crippen LogP) is 15.4. The molecule has 0 fully saturated rings. The summed E-state index contributed by atoms with van der Waals surface area (Å²) in [7, 11) is 0. The number of benzene rings is 10. The maximum atomic E-state index is 6.94. The lowest BCUT2D eigenvalue weighted by Crippen LogP contribution is -2.28. The van der Waals surface area contributed by atoms with E-state index in [2.05, 4.69) is 229 Å². The Morgan fingerprint density at radius 2 is 0.915 bits per heavy atom. The fourth-order valence-corrected chi connectivity index (χ4v) is 10.0. The molecule has 0 spiro atoms. The quantitative estimate of drug-likeness (QED) is 0.168. The van der Waals surface area contributed by atoms with Gasteiger partial charge in [0.1, 0.15) is 11.2 Å². The van der Waals surface area contributed by atoms with E-state index in [-0.39, 0.29) is 0 Å². The van der Waals surface area contributed by atoms with Gasteiger partial charge in [-0.15, -0.1) is 0 Å². The molecule has 59 heavy (non-hydrogen) atoms. The maximum absolute atomic E-state index is 6.94. The zero-order valence-electron chi connectivity index (χ0n) is 32.2. The van der Waals surface area contributed by atoms with Crippen LogP contribution in [0.2, 0.25) is 0 Å². The number of para-hydroxylation sites is 1. The molecular weight excluding hydrogens is 715 g/mol. The van der Waals surface area contributed by atoms with E-state index < -0.39 is 5.41 Å². The van der Waals surface area contributed by atoms with Gasteiger partial charge < -0.3 is 9.32 Å². The minimum absolute atomic E-state index is 0.503. The van der Waals surface area contributed by atoms with Crippen molar-refractivity contribution >= 4 is 60.5 Å². The highest BCUT2D eigenvalue weighted by Gasteiger charge is 2.46. The van der Waals surface area contributed by atoms with Crippen molar-refractivity contribution in [3.63, 3.8) is 0 Å². The summed E-state index contributed by atoms with van der Waals surface area (Å²) in [5.41, 5.74) is 14.4. The fourth-order valence-electron chi connectivity index (χ4n) is 10.0. The monoisotopic (exact) mass is 751 g/mol. The Balaban J connectivity index is 1.11. The highest BCUT2D eigenvalue weighted by Crippen LogP contribution is 2.57. The first kappa shape index (κ1) is 33.5. The van der Waals surface area contributed by atoms with Crippen LogP contribution in [0.25, 0.3) is 65.7 Å².